The summed E-state index contributed by atoms with van der Waals surface area (Å²) in [5.41, 5.74) is 0. The minimum Gasteiger partial charge on any atom is -0.410 e. The molecular weight excluding hydrogens is 314 g/mol. The van der Waals surface area contributed by atoms with E-state index in [1.807, 2.05) is 37.1 Å². The topological polar surface area (TPSA) is 44.8 Å². The first kappa shape index (κ1) is 16.6. The van der Waals surface area contributed by atoms with Crippen molar-refractivity contribution >= 4 is 17.7 Å². The van der Waals surface area contributed by atoms with Crippen LogP contribution in [0.25, 0.3) is 0 Å². The number of fused-ring (bicyclic) bond motifs is 2. The number of nitrogens with one attached hydrogen (secondary N) is 1. The largest absolute Gasteiger partial charge is 0.415 e. The Bertz CT molecular complexity index is 526. The molecule has 2 saturated heterocycles. The number of piperazine rings is 1. The summed E-state index contributed by atoms with van der Waals surface area (Å²) in [4.78, 5) is 16.7. The molecule has 1 unspecified atom stereocenters. The van der Waals surface area contributed by atoms with Crippen molar-refractivity contribution in [3.8, 4) is 5.75 Å². The number of alkyl halides is 1. The molecule has 2 heterocycles. The van der Waals surface area contributed by atoms with Crippen LogP contribution in [-0.4, -0.2) is 59.7 Å². The Morgan fingerprint density at radius 2 is 1.87 bits per heavy atom. The van der Waals surface area contributed by atoms with E-state index in [9.17, 15) is 4.79 Å². The van der Waals surface area contributed by atoms with Crippen LogP contribution < -0.4 is 10.1 Å². The fraction of sp³-hybridized carbons (Fsp3) is 0.588. The van der Waals surface area contributed by atoms with Gasteiger partial charge in [-0.15, -0.1) is 11.6 Å². The van der Waals surface area contributed by atoms with Gasteiger partial charge in [0.25, 0.3) is 0 Å². The number of rotatable bonds is 4. The van der Waals surface area contributed by atoms with E-state index in [1.54, 1.807) is 12.1 Å². The summed E-state index contributed by atoms with van der Waals surface area (Å²) in [5.74, 6) is 0.592. The molecule has 2 fully saturated rings. The zero-order valence-corrected chi connectivity index (χ0v) is 14.4. The maximum atomic E-state index is 12.4. The minimum atomic E-state index is -0.257. The lowest BCUT2D eigenvalue weighted by Crippen LogP contribution is -2.63. The number of benzene rings is 1. The molecule has 0 saturated carbocycles. The van der Waals surface area contributed by atoms with Gasteiger partial charge in [-0.25, -0.2) is 4.79 Å². The van der Waals surface area contributed by atoms with E-state index in [0.29, 0.717) is 30.9 Å². The molecule has 0 aliphatic carbocycles. The van der Waals surface area contributed by atoms with Crippen molar-refractivity contribution in [1.29, 1.82) is 0 Å². The third-order valence-electron chi connectivity index (χ3n) is 4.80. The second-order valence-corrected chi connectivity index (χ2v) is 7.02. The number of hydrogen-bond donors (Lipinski definition) is 1. The number of hydrogen-bond acceptors (Lipinski definition) is 4. The summed E-state index contributed by atoms with van der Waals surface area (Å²) in [6, 6.07) is 9.92. The molecule has 0 spiro atoms. The number of carbonyl (C=O) groups excluding carboxylic acids is 1. The molecule has 2 aliphatic heterocycles. The summed E-state index contributed by atoms with van der Waals surface area (Å²) in [6.45, 7) is 3.41. The van der Waals surface area contributed by atoms with Crippen molar-refractivity contribution in [1.82, 2.24) is 15.1 Å². The maximum absolute atomic E-state index is 12.4. The second-order valence-electron chi connectivity index (χ2n) is 6.33. The molecule has 126 valence electrons. The number of halogens is 1. The van der Waals surface area contributed by atoms with Crippen LogP contribution in [0.2, 0.25) is 0 Å². The van der Waals surface area contributed by atoms with Crippen LogP contribution in [-0.2, 0) is 0 Å². The Morgan fingerprint density at radius 1 is 1.26 bits per heavy atom. The average molecular weight is 338 g/mol. The average Bonchev–Trinajstić information content (AvgIpc) is 2.79. The van der Waals surface area contributed by atoms with Crippen molar-refractivity contribution in [2.45, 2.75) is 43.4 Å². The predicted molar refractivity (Wildman–Crippen MR) is 90.9 cm³/mol. The first-order chi connectivity index (χ1) is 11.1. The van der Waals surface area contributed by atoms with Crippen molar-refractivity contribution < 1.29 is 9.53 Å². The smallest absolute Gasteiger partial charge is 0.410 e. The number of nitrogens with zero attached hydrogens (tertiary/aromatic N) is 2. The fourth-order valence-corrected chi connectivity index (χ4v) is 4.06. The van der Waals surface area contributed by atoms with Crippen LogP contribution in [0.15, 0.2) is 30.3 Å². The lowest BCUT2D eigenvalue weighted by molar-refractivity contribution is 0.0280. The summed E-state index contributed by atoms with van der Waals surface area (Å²) in [7, 11) is 1.94. The second kappa shape index (κ2) is 7.07. The molecule has 1 N–H and O–H groups in total. The van der Waals surface area contributed by atoms with E-state index >= 15 is 0 Å². The number of para-hydroxylation sites is 1. The Balaban J connectivity index is 1.65. The van der Waals surface area contributed by atoms with E-state index < -0.39 is 0 Å². The van der Waals surface area contributed by atoms with E-state index in [2.05, 4.69) is 10.2 Å². The van der Waals surface area contributed by atoms with Gasteiger partial charge in [-0.3, -0.25) is 4.90 Å². The van der Waals surface area contributed by atoms with Crippen LogP contribution in [0.3, 0.4) is 0 Å². The molecule has 3 rings (SSSR count). The first-order valence-corrected chi connectivity index (χ1v) is 8.64. The van der Waals surface area contributed by atoms with Crippen molar-refractivity contribution in [3.05, 3.63) is 30.3 Å². The molecule has 0 aromatic heterocycles. The third kappa shape index (κ3) is 3.47. The van der Waals surface area contributed by atoms with Crippen LogP contribution in [0.1, 0.15) is 19.8 Å². The van der Waals surface area contributed by atoms with E-state index in [0.717, 1.165) is 12.8 Å². The highest BCUT2D eigenvalue weighted by Crippen LogP contribution is 2.33. The molecule has 4 atom stereocenters. The van der Waals surface area contributed by atoms with Crippen molar-refractivity contribution in [2.75, 3.05) is 20.1 Å². The monoisotopic (exact) mass is 337 g/mol. The van der Waals surface area contributed by atoms with Gasteiger partial charge < -0.3 is 15.0 Å². The lowest BCUT2D eigenvalue weighted by Gasteiger charge is -2.45. The molecule has 6 heteroatoms. The van der Waals surface area contributed by atoms with Crippen LogP contribution in [0.5, 0.6) is 5.75 Å². The molecule has 1 aromatic rings. The fourth-order valence-electron chi connectivity index (χ4n) is 3.81. The summed E-state index contributed by atoms with van der Waals surface area (Å²) >= 11 is 6.33. The number of carbonyl (C=O) groups is 1. The Kier molecular flexibility index (Phi) is 5.09. The normalized spacial score (nSPS) is 26.8. The van der Waals surface area contributed by atoms with E-state index in [1.165, 1.54) is 0 Å². The number of amides is 1. The van der Waals surface area contributed by atoms with Gasteiger partial charge in [0.1, 0.15) is 5.75 Å². The molecule has 2 aliphatic rings. The Morgan fingerprint density at radius 3 is 2.39 bits per heavy atom. The van der Waals surface area contributed by atoms with E-state index in [4.69, 9.17) is 16.3 Å². The minimum absolute atomic E-state index is 0.0194. The molecule has 2 bridgehead atoms. The SMILES string of the molecule is CN[C@H](C(C)Cl)N1[C@@H]2CC[C@H]1CN(C(=O)Oc1ccccc1)C2. The van der Waals surface area contributed by atoms with Gasteiger partial charge in [0.05, 0.1) is 11.5 Å². The zero-order chi connectivity index (χ0) is 16.4. The van der Waals surface area contributed by atoms with Gasteiger partial charge in [0, 0.05) is 25.2 Å². The van der Waals surface area contributed by atoms with Gasteiger partial charge in [0.15, 0.2) is 0 Å². The molecule has 1 aromatic carbocycles. The molecular formula is C17H24ClN3O2. The third-order valence-corrected chi connectivity index (χ3v) is 5.04. The highest BCUT2D eigenvalue weighted by molar-refractivity contribution is 6.20. The summed E-state index contributed by atoms with van der Waals surface area (Å²) < 4.78 is 5.47. The Hall–Kier alpha value is -1.30. The molecule has 0 radical (unpaired) electrons. The summed E-state index contributed by atoms with van der Waals surface area (Å²) in [6.07, 6.45) is 2.08. The number of likely N-dealkylation sites (tertiary alicyclic amines) is 1. The van der Waals surface area contributed by atoms with E-state index in [-0.39, 0.29) is 17.6 Å². The van der Waals surface area contributed by atoms with Crippen molar-refractivity contribution in [3.63, 3.8) is 0 Å². The van der Waals surface area contributed by atoms with Gasteiger partial charge >= 0.3 is 6.09 Å². The van der Waals surface area contributed by atoms with Gasteiger partial charge in [-0.05, 0) is 38.9 Å². The lowest BCUT2D eigenvalue weighted by atomic mass is 10.1. The zero-order valence-electron chi connectivity index (χ0n) is 13.6. The van der Waals surface area contributed by atoms with Gasteiger partial charge in [-0.2, -0.15) is 0 Å². The van der Waals surface area contributed by atoms with Gasteiger partial charge in [-0.1, -0.05) is 18.2 Å². The predicted octanol–water partition coefficient (Wildman–Crippen LogP) is 2.51. The number of ether oxygens (including phenoxy) is 1. The van der Waals surface area contributed by atoms with Crippen molar-refractivity contribution in [2.24, 2.45) is 0 Å². The summed E-state index contributed by atoms with van der Waals surface area (Å²) in [5, 5.41) is 3.33. The highest BCUT2D eigenvalue weighted by Gasteiger charge is 2.45. The van der Waals surface area contributed by atoms with Crippen LogP contribution >= 0.6 is 11.6 Å². The van der Waals surface area contributed by atoms with Gasteiger partial charge in [0.2, 0.25) is 0 Å². The van der Waals surface area contributed by atoms with Crippen LogP contribution in [0, 0.1) is 0 Å². The first-order valence-electron chi connectivity index (χ1n) is 8.20. The maximum Gasteiger partial charge on any atom is 0.415 e. The quantitative estimate of drug-likeness (QED) is 0.857. The van der Waals surface area contributed by atoms with Crippen LogP contribution in [0.4, 0.5) is 4.79 Å². The molecule has 23 heavy (non-hydrogen) atoms. The molecule has 5 nitrogen and oxygen atoms in total. The highest BCUT2D eigenvalue weighted by atomic mass is 35.5. The standard InChI is InChI=1S/C17H24ClN3O2/c1-12(18)16(19-2)21-13-8-9-14(21)11-20(10-13)17(22)23-15-6-4-3-5-7-15/h3-7,12-14,16,19H,8-11H2,1-2H3/t12?,13-,14+,16-/m0/s1. The Labute approximate surface area is 142 Å². The molecule has 1 amide bonds.